The van der Waals surface area contributed by atoms with Gasteiger partial charge in [-0.2, -0.15) is 5.10 Å². The van der Waals surface area contributed by atoms with Crippen LogP contribution in [-0.4, -0.2) is 37.0 Å². The van der Waals surface area contributed by atoms with Gasteiger partial charge in [-0.25, -0.2) is 13.1 Å². The molecule has 1 rings (SSSR count). The maximum Gasteiger partial charge on any atom is 0.215 e. The fraction of sp³-hybridized carbons (Fsp3) is 0.667. The predicted octanol–water partition coefficient (Wildman–Crippen LogP) is -0.553. The monoisotopic (exact) mass is 246 g/mol. The van der Waals surface area contributed by atoms with Gasteiger partial charge in [0, 0.05) is 19.8 Å². The minimum atomic E-state index is -3.27. The van der Waals surface area contributed by atoms with Gasteiger partial charge in [0.05, 0.1) is 17.5 Å². The summed E-state index contributed by atoms with van der Waals surface area (Å²) in [6.45, 7) is 2.33. The summed E-state index contributed by atoms with van der Waals surface area (Å²) in [7, 11) is 0.247. The van der Waals surface area contributed by atoms with Gasteiger partial charge in [-0.3, -0.25) is 4.68 Å². The zero-order valence-electron chi connectivity index (χ0n) is 9.77. The van der Waals surface area contributed by atoms with E-state index in [0.29, 0.717) is 12.2 Å². The Kier molecular flexibility index (Phi) is 4.45. The highest BCUT2D eigenvalue weighted by Gasteiger charge is 2.19. The Morgan fingerprint density at radius 1 is 1.56 bits per heavy atom. The highest BCUT2D eigenvalue weighted by Crippen LogP contribution is 2.00. The van der Waals surface area contributed by atoms with Crippen molar-refractivity contribution in [3.05, 3.63) is 18.0 Å². The highest BCUT2D eigenvalue weighted by atomic mass is 32.2. The van der Waals surface area contributed by atoms with Gasteiger partial charge in [-0.1, -0.05) is 0 Å². The molecule has 0 radical (unpaired) electrons. The Balaban J connectivity index is 2.54. The molecule has 16 heavy (non-hydrogen) atoms. The first kappa shape index (κ1) is 13.1. The quantitative estimate of drug-likeness (QED) is 0.706. The summed E-state index contributed by atoms with van der Waals surface area (Å²) in [5, 5.41) is 6.47. The van der Waals surface area contributed by atoms with Crippen molar-refractivity contribution in [2.75, 3.05) is 13.6 Å². The normalized spacial score (nSPS) is 13.9. The van der Waals surface area contributed by atoms with Crippen LogP contribution < -0.4 is 10.0 Å². The molecule has 7 heteroatoms. The van der Waals surface area contributed by atoms with Crippen LogP contribution in [0.2, 0.25) is 0 Å². The molecule has 0 aliphatic carbocycles. The third-order valence-corrected chi connectivity index (χ3v) is 4.02. The third-order valence-electron chi connectivity index (χ3n) is 2.24. The van der Waals surface area contributed by atoms with Crippen LogP contribution in [0.3, 0.4) is 0 Å². The van der Waals surface area contributed by atoms with Crippen LogP contribution in [0.1, 0.15) is 12.6 Å². The van der Waals surface area contributed by atoms with E-state index < -0.39 is 15.3 Å². The van der Waals surface area contributed by atoms with Crippen LogP contribution in [-0.2, 0) is 23.6 Å². The van der Waals surface area contributed by atoms with Crippen molar-refractivity contribution >= 4 is 10.0 Å². The van der Waals surface area contributed by atoms with Crippen molar-refractivity contribution in [2.45, 2.75) is 18.7 Å². The summed E-state index contributed by atoms with van der Waals surface area (Å²) in [5.74, 6) is 0. The zero-order valence-corrected chi connectivity index (χ0v) is 10.6. The van der Waals surface area contributed by atoms with Crippen LogP contribution in [0, 0.1) is 0 Å². The predicted molar refractivity (Wildman–Crippen MR) is 62.4 cm³/mol. The number of nitrogens with one attached hydrogen (secondary N) is 2. The molecule has 0 aliphatic rings. The molecule has 0 aliphatic heterocycles. The molecule has 1 heterocycles. The number of rotatable bonds is 6. The first-order chi connectivity index (χ1) is 7.45. The van der Waals surface area contributed by atoms with Crippen molar-refractivity contribution < 1.29 is 8.42 Å². The Bertz CT molecular complexity index is 426. The number of aromatic nitrogens is 2. The molecule has 1 aromatic heterocycles. The summed E-state index contributed by atoms with van der Waals surface area (Å²) >= 11 is 0. The Morgan fingerprint density at radius 3 is 2.75 bits per heavy atom. The molecule has 1 unspecified atom stereocenters. The molecule has 2 N–H and O–H groups in total. The molecule has 0 bridgehead atoms. The van der Waals surface area contributed by atoms with Crippen LogP contribution >= 0.6 is 0 Å². The lowest BCUT2D eigenvalue weighted by Gasteiger charge is -2.12. The van der Waals surface area contributed by atoms with E-state index in [2.05, 4.69) is 15.1 Å². The van der Waals surface area contributed by atoms with E-state index >= 15 is 0 Å². The van der Waals surface area contributed by atoms with Gasteiger partial charge >= 0.3 is 0 Å². The van der Waals surface area contributed by atoms with Crippen LogP contribution in [0.25, 0.3) is 0 Å². The maximum atomic E-state index is 11.7. The van der Waals surface area contributed by atoms with E-state index in [9.17, 15) is 8.42 Å². The van der Waals surface area contributed by atoms with Gasteiger partial charge in [-0.15, -0.1) is 0 Å². The maximum absolute atomic E-state index is 11.7. The van der Waals surface area contributed by atoms with Crippen molar-refractivity contribution in [2.24, 2.45) is 7.05 Å². The molecule has 92 valence electrons. The van der Waals surface area contributed by atoms with Gasteiger partial charge in [0.15, 0.2) is 0 Å². The average Bonchev–Trinajstić information content (AvgIpc) is 2.62. The zero-order chi connectivity index (χ0) is 12.2. The lowest BCUT2D eigenvalue weighted by molar-refractivity contribution is 0.562. The van der Waals surface area contributed by atoms with Crippen LogP contribution in [0.5, 0.6) is 0 Å². The molecule has 0 saturated heterocycles. The molecule has 6 nitrogen and oxygen atoms in total. The summed E-state index contributed by atoms with van der Waals surface area (Å²) in [6.07, 6.45) is 1.78. The molecule has 0 aromatic carbocycles. The van der Waals surface area contributed by atoms with Gasteiger partial charge < -0.3 is 5.32 Å². The largest absolute Gasteiger partial charge is 0.318 e. The number of aryl methyl sites for hydroxylation is 1. The standard InChI is InChI=1S/C9H18N4O2S/c1-8(6-10-2)16(14,15)11-7-9-4-5-13(3)12-9/h4-5,8,10-11H,6-7H2,1-3H3. The average molecular weight is 246 g/mol. The molecule has 0 amide bonds. The third kappa shape index (κ3) is 3.58. The SMILES string of the molecule is CNCC(C)S(=O)(=O)NCc1ccn(C)n1. The summed E-state index contributed by atoms with van der Waals surface area (Å²) in [6, 6.07) is 1.78. The van der Waals surface area contributed by atoms with Gasteiger partial charge in [-0.05, 0) is 20.0 Å². The number of sulfonamides is 1. The second-order valence-corrected chi connectivity index (χ2v) is 5.90. The lowest BCUT2D eigenvalue weighted by atomic mass is 10.4. The Morgan fingerprint density at radius 2 is 2.25 bits per heavy atom. The molecular weight excluding hydrogens is 228 g/mol. The van der Waals surface area contributed by atoms with E-state index in [1.54, 1.807) is 38.0 Å². The van der Waals surface area contributed by atoms with E-state index in [1.165, 1.54) is 0 Å². The molecule has 1 aromatic rings. The highest BCUT2D eigenvalue weighted by molar-refractivity contribution is 7.90. The van der Waals surface area contributed by atoms with Crippen molar-refractivity contribution in [1.82, 2.24) is 19.8 Å². The smallest absolute Gasteiger partial charge is 0.215 e. The topological polar surface area (TPSA) is 76.0 Å². The minimum absolute atomic E-state index is 0.233. The van der Waals surface area contributed by atoms with Gasteiger partial charge in [0.1, 0.15) is 0 Å². The van der Waals surface area contributed by atoms with E-state index in [0.717, 1.165) is 0 Å². The lowest BCUT2D eigenvalue weighted by Crippen LogP contribution is -2.37. The second-order valence-electron chi connectivity index (χ2n) is 3.72. The number of nitrogens with zero attached hydrogens (tertiary/aromatic N) is 2. The van der Waals surface area contributed by atoms with E-state index in [-0.39, 0.29) is 6.54 Å². The van der Waals surface area contributed by atoms with E-state index in [4.69, 9.17) is 0 Å². The number of hydrogen-bond acceptors (Lipinski definition) is 4. The van der Waals surface area contributed by atoms with Crippen LogP contribution in [0.15, 0.2) is 12.3 Å². The first-order valence-electron chi connectivity index (χ1n) is 5.07. The minimum Gasteiger partial charge on any atom is -0.318 e. The Hall–Kier alpha value is -0.920. The fourth-order valence-corrected chi connectivity index (χ4v) is 2.29. The fourth-order valence-electron chi connectivity index (χ4n) is 1.27. The van der Waals surface area contributed by atoms with E-state index in [1.807, 2.05) is 0 Å². The van der Waals surface area contributed by atoms with Gasteiger partial charge in [0.2, 0.25) is 10.0 Å². The summed E-state index contributed by atoms with van der Waals surface area (Å²) in [4.78, 5) is 0. The molecule has 1 atom stereocenters. The van der Waals surface area contributed by atoms with Crippen molar-refractivity contribution in [1.29, 1.82) is 0 Å². The van der Waals surface area contributed by atoms with Crippen molar-refractivity contribution in [3.63, 3.8) is 0 Å². The molecule has 0 saturated carbocycles. The van der Waals surface area contributed by atoms with Crippen molar-refractivity contribution in [3.8, 4) is 0 Å². The second kappa shape index (κ2) is 5.42. The summed E-state index contributed by atoms with van der Waals surface area (Å²) < 4.78 is 27.6. The Labute approximate surface area is 96.1 Å². The summed E-state index contributed by atoms with van der Waals surface area (Å²) in [5.41, 5.74) is 0.711. The molecular formula is C9H18N4O2S. The molecule has 0 fully saturated rings. The first-order valence-corrected chi connectivity index (χ1v) is 6.62. The van der Waals surface area contributed by atoms with Crippen LogP contribution in [0.4, 0.5) is 0 Å². The number of hydrogen-bond donors (Lipinski definition) is 2. The van der Waals surface area contributed by atoms with Gasteiger partial charge in [0.25, 0.3) is 0 Å². The molecule has 0 spiro atoms.